The Bertz CT molecular complexity index is 647. The minimum absolute atomic E-state index is 0.0329. The van der Waals surface area contributed by atoms with Crippen LogP contribution in [0.25, 0.3) is 0 Å². The van der Waals surface area contributed by atoms with Gasteiger partial charge in [-0.15, -0.1) is 0 Å². The summed E-state index contributed by atoms with van der Waals surface area (Å²) in [6.07, 6.45) is 0. The summed E-state index contributed by atoms with van der Waals surface area (Å²) in [6, 6.07) is 4.66. The highest BCUT2D eigenvalue weighted by molar-refractivity contribution is 6.35. The van der Waals surface area contributed by atoms with E-state index in [2.05, 4.69) is 15.5 Å². The zero-order chi connectivity index (χ0) is 14.9. The Hall–Kier alpha value is -1.59. The van der Waals surface area contributed by atoms with Crippen LogP contribution in [-0.2, 0) is 5.41 Å². The van der Waals surface area contributed by atoms with Crippen molar-refractivity contribution in [2.24, 2.45) is 0 Å². The van der Waals surface area contributed by atoms with E-state index >= 15 is 0 Å². The highest BCUT2D eigenvalue weighted by Crippen LogP contribution is 2.24. The van der Waals surface area contributed by atoms with Crippen LogP contribution in [0.5, 0.6) is 0 Å². The molecular weight excluding hydrogens is 301 g/mol. The van der Waals surface area contributed by atoms with Gasteiger partial charge in [-0.25, -0.2) is 4.98 Å². The van der Waals surface area contributed by atoms with Crippen LogP contribution in [0.15, 0.2) is 22.7 Å². The zero-order valence-corrected chi connectivity index (χ0v) is 12.7. The molecule has 2 aromatic rings. The van der Waals surface area contributed by atoms with E-state index < -0.39 is 5.91 Å². The lowest BCUT2D eigenvalue weighted by atomic mass is 9.92. The predicted octanol–water partition coefficient (Wildman–Crippen LogP) is 3.93. The third-order valence-corrected chi connectivity index (χ3v) is 3.07. The number of halogens is 2. The molecule has 0 atom stereocenters. The predicted molar refractivity (Wildman–Crippen MR) is 77.4 cm³/mol. The van der Waals surface area contributed by atoms with Crippen molar-refractivity contribution < 1.29 is 9.32 Å². The van der Waals surface area contributed by atoms with Crippen LogP contribution in [0, 0.1) is 0 Å². The molecule has 0 spiro atoms. The van der Waals surface area contributed by atoms with Gasteiger partial charge in [0, 0.05) is 11.5 Å². The first-order chi connectivity index (χ1) is 9.27. The average Bonchev–Trinajstić information content (AvgIpc) is 2.76. The molecule has 0 aliphatic rings. The lowest BCUT2D eigenvalue weighted by molar-refractivity contribution is 0.102. The monoisotopic (exact) mass is 313 g/mol. The van der Waals surface area contributed by atoms with E-state index in [9.17, 15) is 4.79 Å². The van der Waals surface area contributed by atoms with Gasteiger partial charge in [0.2, 0.25) is 5.88 Å². The van der Waals surface area contributed by atoms with Crippen LogP contribution in [0.2, 0.25) is 10.3 Å². The van der Waals surface area contributed by atoms with Crippen molar-refractivity contribution in [1.29, 1.82) is 0 Å². The van der Waals surface area contributed by atoms with Crippen molar-refractivity contribution in [2.75, 3.05) is 5.32 Å². The Labute approximate surface area is 126 Å². The van der Waals surface area contributed by atoms with Gasteiger partial charge in [-0.3, -0.25) is 10.1 Å². The van der Waals surface area contributed by atoms with Gasteiger partial charge in [0.15, 0.2) is 0 Å². The third-order valence-electron chi connectivity index (χ3n) is 2.57. The van der Waals surface area contributed by atoms with E-state index in [-0.39, 0.29) is 27.2 Å². The summed E-state index contributed by atoms with van der Waals surface area (Å²) in [5.41, 5.74) is 0.796. The van der Waals surface area contributed by atoms with Crippen LogP contribution in [0.1, 0.15) is 36.8 Å². The number of hydrogen-bond donors (Lipinski definition) is 1. The normalized spacial score (nSPS) is 11.4. The smallest absolute Gasteiger partial charge is 0.261 e. The van der Waals surface area contributed by atoms with Crippen molar-refractivity contribution >= 4 is 35.0 Å². The van der Waals surface area contributed by atoms with Gasteiger partial charge < -0.3 is 4.52 Å². The summed E-state index contributed by atoms with van der Waals surface area (Å²) in [5, 5.41) is 6.74. The Morgan fingerprint density at radius 2 is 2.00 bits per heavy atom. The van der Waals surface area contributed by atoms with Gasteiger partial charge in [0.05, 0.1) is 11.3 Å². The minimum atomic E-state index is -0.434. The van der Waals surface area contributed by atoms with Crippen LogP contribution < -0.4 is 5.32 Å². The van der Waals surface area contributed by atoms with Crippen molar-refractivity contribution in [3.05, 3.63) is 39.8 Å². The van der Waals surface area contributed by atoms with E-state index in [1.807, 2.05) is 20.8 Å². The standard InChI is InChI=1S/C13H13Cl2N3O2/c1-13(2,3)8-6-10(20-18-8)17-12(19)7-4-5-9(14)16-11(7)15/h4-6H,1-3H3,(H,17,19). The zero-order valence-electron chi connectivity index (χ0n) is 11.2. The Morgan fingerprint density at radius 1 is 1.30 bits per heavy atom. The summed E-state index contributed by atoms with van der Waals surface area (Å²) >= 11 is 11.5. The first-order valence-corrected chi connectivity index (χ1v) is 6.63. The number of rotatable bonds is 2. The molecule has 0 saturated heterocycles. The summed E-state index contributed by atoms with van der Waals surface area (Å²) in [5.74, 6) is -0.179. The molecule has 2 rings (SSSR count). The molecule has 106 valence electrons. The third kappa shape index (κ3) is 3.29. The summed E-state index contributed by atoms with van der Waals surface area (Å²) in [6.45, 7) is 5.99. The number of amides is 1. The number of carbonyl (C=O) groups is 1. The molecule has 2 aromatic heterocycles. The van der Waals surface area contributed by atoms with Crippen LogP contribution >= 0.6 is 23.2 Å². The highest BCUT2D eigenvalue weighted by atomic mass is 35.5. The Kier molecular flexibility index (Phi) is 4.01. The number of hydrogen-bond acceptors (Lipinski definition) is 4. The fourth-order valence-corrected chi connectivity index (χ4v) is 1.88. The van der Waals surface area contributed by atoms with Gasteiger partial charge in [-0.2, -0.15) is 0 Å². The van der Waals surface area contributed by atoms with Crippen LogP contribution in [0.4, 0.5) is 5.88 Å². The fourth-order valence-electron chi connectivity index (χ4n) is 1.45. The molecule has 1 amide bonds. The number of pyridine rings is 1. The van der Waals surface area contributed by atoms with E-state index in [0.717, 1.165) is 5.69 Å². The molecule has 0 aromatic carbocycles. The molecular formula is C13H13Cl2N3O2. The Morgan fingerprint density at radius 3 is 2.55 bits per heavy atom. The lowest BCUT2D eigenvalue weighted by Crippen LogP contribution is -2.13. The molecule has 7 heteroatoms. The largest absolute Gasteiger partial charge is 0.338 e. The van der Waals surface area contributed by atoms with Gasteiger partial charge in [0.1, 0.15) is 10.3 Å². The van der Waals surface area contributed by atoms with E-state index in [1.165, 1.54) is 12.1 Å². The van der Waals surface area contributed by atoms with Crippen molar-refractivity contribution in [1.82, 2.24) is 10.1 Å². The van der Waals surface area contributed by atoms with E-state index in [4.69, 9.17) is 27.7 Å². The fraction of sp³-hybridized carbons (Fsp3) is 0.308. The first-order valence-electron chi connectivity index (χ1n) is 5.88. The van der Waals surface area contributed by atoms with E-state index in [1.54, 1.807) is 6.07 Å². The second kappa shape index (κ2) is 5.42. The van der Waals surface area contributed by atoms with E-state index in [0.29, 0.717) is 0 Å². The molecule has 2 heterocycles. The maximum Gasteiger partial charge on any atom is 0.261 e. The second-order valence-electron chi connectivity index (χ2n) is 5.25. The van der Waals surface area contributed by atoms with Crippen molar-refractivity contribution in [3.8, 4) is 0 Å². The molecule has 5 nitrogen and oxygen atoms in total. The number of nitrogens with zero attached hydrogens (tertiary/aromatic N) is 2. The summed E-state index contributed by atoms with van der Waals surface area (Å²) < 4.78 is 5.08. The molecule has 0 bridgehead atoms. The molecule has 1 N–H and O–H groups in total. The number of anilines is 1. The summed E-state index contributed by atoms with van der Waals surface area (Å²) in [4.78, 5) is 15.8. The number of carbonyl (C=O) groups excluding carboxylic acids is 1. The van der Waals surface area contributed by atoms with Gasteiger partial charge in [-0.1, -0.05) is 49.1 Å². The molecule has 0 fully saturated rings. The first kappa shape index (κ1) is 14.8. The minimum Gasteiger partial charge on any atom is -0.338 e. The quantitative estimate of drug-likeness (QED) is 0.853. The molecule has 0 radical (unpaired) electrons. The molecule has 20 heavy (non-hydrogen) atoms. The van der Waals surface area contributed by atoms with Crippen LogP contribution in [-0.4, -0.2) is 16.0 Å². The number of nitrogens with one attached hydrogen (secondary N) is 1. The number of aromatic nitrogens is 2. The van der Waals surface area contributed by atoms with Crippen molar-refractivity contribution in [2.45, 2.75) is 26.2 Å². The summed E-state index contributed by atoms with van der Waals surface area (Å²) in [7, 11) is 0. The molecule has 0 unspecified atom stereocenters. The SMILES string of the molecule is CC(C)(C)c1cc(NC(=O)c2ccc(Cl)nc2Cl)on1. The van der Waals surface area contributed by atoms with Crippen LogP contribution in [0.3, 0.4) is 0 Å². The van der Waals surface area contributed by atoms with Crippen molar-refractivity contribution in [3.63, 3.8) is 0 Å². The highest BCUT2D eigenvalue weighted by Gasteiger charge is 2.20. The maximum atomic E-state index is 12.0. The molecule has 0 saturated carbocycles. The Balaban J connectivity index is 2.17. The van der Waals surface area contributed by atoms with Gasteiger partial charge >= 0.3 is 0 Å². The average molecular weight is 314 g/mol. The molecule has 0 aliphatic carbocycles. The maximum absolute atomic E-state index is 12.0. The topological polar surface area (TPSA) is 68.0 Å². The van der Waals surface area contributed by atoms with Gasteiger partial charge in [0.25, 0.3) is 5.91 Å². The molecule has 0 aliphatic heterocycles. The lowest BCUT2D eigenvalue weighted by Gasteiger charge is -2.12. The van der Waals surface area contributed by atoms with Gasteiger partial charge in [-0.05, 0) is 12.1 Å². The second-order valence-corrected chi connectivity index (χ2v) is 6.00.